The van der Waals surface area contributed by atoms with Gasteiger partial charge in [0.25, 0.3) is 0 Å². The van der Waals surface area contributed by atoms with Crippen molar-refractivity contribution >= 4 is 0 Å². The summed E-state index contributed by atoms with van der Waals surface area (Å²) < 4.78 is 0. The maximum Gasteiger partial charge on any atom is 0.0139 e. The Morgan fingerprint density at radius 3 is 2.83 bits per heavy atom. The molecule has 0 aromatic carbocycles. The van der Waals surface area contributed by atoms with Gasteiger partial charge in [0.05, 0.1) is 0 Å². The summed E-state index contributed by atoms with van der Waals surface area (Å²) in [5.41, 5.74) is 1.84. The molecule has 18 heavy (non-hydrogen) atoms. The summed E-state index contributed by atoms with van der Waals surface area (Å²) in [7, 11) is 0. The van der Waals surface area contributed by atoms with Crippen LogP contribution < -0.4 is 10.6 Å². The average Bonchev–Trinajstić information content (AvgIpc) is 2.79. The maximum atomic E-state index is 3.75. The second-order valence-corrected chi connectivity index (χ2v) is 6.86. The van der Waals surface area contributed by atoms with Gasteiger partial charge in [0.2, 0.25) is 0 Å². The normalized spacial score (nSPS) is 24.1. The molecule has 102 valence electrons. The second-order valence-electron chi connectivity index (χ2n) is 6.86. The van der Waals surface area contributed by atoms with Crippen molar-refractivity contribution in [1.82, 2.24) is 15.6 Å². The van der Waals surface area contributed by atoms with Gasteiger partial charge in [0, 0.05) is 35.9 Å². The first-order valence-electron chi connectivity index (χ1n) is 7.01. The number of hydrogen-bond acceptors (Lipinski definition) is 2. The molecule has 1 aliphatic heterocycles. The number of H-pyrrole nitrogens is 1. The molecule has 1 atom stereocenters. The van der Waals surface area contributed by atoms with Crippen molar-refractivity contribution in [3.8, 4) is 0 Å². The van der Waals surface area contributed by atoms with Gasteiger partial charge in [-0.1, -0.05) is 13.8 Å². The summed E-state index contributed by atoms with van der Waals surface area (Å²) in [6, 6.07) is 2.81. The molecule has 1 aliphatic rings. The molecule has 1 aromatic rings. The molecule has 3 nitrogen and oxygen atoms in total. The van der Waals surface area contributed by atoms with Crippen LogP contribution >= 0.6 is 0 Å². The van der Waals surface area contributed by atoms with Gasteiger partial charge in [0.15, 0.2) is 0 Å². The van der Waals surface area contributed by atoms with Gasteiger partial charge in [-0.2, -0.15) is 0 Å². The van der Waals surface area contributed by atoms with E-state index in [4.69, 9.17) is 0 Å². The van der Waals surface area contributed by atoms with E-state index in [0.29, 0.717) is 6.04 Å². The Hall–Kier alpha value is -0.800. The highest BCUT2D eigenvalue weighted by Crippen LogP contribution is 2.23. The molecule has 2 heterocycles. The molecule has 1 fully saturated rings. The standard InChI is InChI=1S/C15H27N3/c1-14(2,12-5-7-16-10-12)11-17-13-6-8-18-15(3,4)9-13/h5,7,10,13,16-18H,6,8-9,11H2,1-4H3. The molecule has 0 spiro atoms. The summed E-state index contributed by atoms with van der Waals surface area (Å²) in [4.78, 5) is 3.15. The minimum Gasteiger partial charge on any atom is -0.367 e. The van der Waals surface area contributed by atoms with Crippen molar-refractivity contribution < 1.29 is 0 Å². The topological polar surface area (TPSA) is 39.9 Å². The number of aromatic amines is 1. The van der Waals surface area contributed by atoms with Gasteiger partial charge in [-0.25, -0.2) is 0 Å². The van der Waals surface area contributed by atoms with Crippen molar-refractivity contribution in [2.75, 3.05) is 13.1 Å². The Labute approximate surface area is 111 Å². The van der Waals surface area contributed by atoms with Crippen LogP contribution in [0.5, 0.6) is 0 Å². The average molecular weight is 249 g/mol. The van der Waals surface area contributed by atoms with Crippen molar-refractivity contribution in [1.29, 1.82) is 0 Å². The van der Waals surface area contributed by atoms with Crippen LogP contribution in [0.2, 0.25) is 0 Å². The van der Waals surface area contributed by atoms with Crippen LogP contribution in [0.25, 0.3) is 0 Å². The molecule has 1 aromatic heterocycles. The first kappa shape index (κ1) is 13.6. The third-order valence-electron chi connectivity index (χ3n) is 4.07. The third-order valence-corrected chi connectivity index (χ3v) is 4.07. The molecule has 0 bridgehead atoms. The smallest absolute Gasteiger partial charge is 0.0139 e. The first-order chi connectivity index (χ1) is 8.39. The van der Waals surface area contributed by atoms with Crippen LogP contribution in [-0.4, -0.2) is 29.7 Å². The Bertz CT molecular complexity index is 365. The molecule has 0 aliphatic carbocycles. The lowest BCUT2D eigenvalue weighted by Gasteiger charge is -2.38. The third kappa shape index (κ3) is 3.36. The Kier molecular flexibility index (Phi) is 3.83. The predicted octanol–water partition coefficient (Wildman–Crippen LogP) is 2.41. The van der Waals surface area contributed by atoms with Gasteiger partial charge >= 0.3 is 0 Å². The Morgan fingerprint density at radius 2 is 2.22 bits per heavy atom. The fourth-order valence-electron chi connectivity index (χ4n) is 2.80. The van der Waals surface area contributed by atoms with Crippen molar-refractivity contribution in [2.45, 2.75) is 57.5 Å². The van der Waals surface area contributed by atoms with Gasteiger partial charge in [-0.3, -0.25) is 0 Å². The molecule has 1 saturated heterocycles. The fourth-order valence-corrected chi connectivity index (χ4v) is 2.80. The lowest BCUT2D eigenvalue weighted by atomic mass is 9.84. The van der Waals surface area contributed by atoms with E-state index in [1.54, 1.807) is 0 Å². The molecule has 0 radical (unpaired) electrons. The van der Waals surface area contributed by atoms with Gasteiger partial charge in [-0.05, 0) is 44.9 Å². The van der Waals surface area contributed by atoms with E-state index in [1.807, 2.05) is 6.20 Å². The Morgan fingerprint density at radius 1 is 1.44 bits per heavy atom. The monoisotopic (exact) mass is 249 g/mol. The lowest BCUT2D eigenvalue weighted by Crippen LogP contribution is -2.53. The van der Waals surface area contributed by atoms with Gasteiger partial charge < -0.3 is 15.6 Å². The molecular weight excluding hydrogens is 222 g/mol. The summed E-state index contributed by atoms with van der Waals surface area (Å²) in [6.45, 7) is 11.3. The highest BCUT2D eigenvalue weighted by molar-refractivity contribution is 5.20. The van der Waals surface area contributed by atoms with E-state index < -0.39 is 0 Å². The van der Waals surface area contributed by atoms with Crippen LogP contribution in [0.3, 0.4) is 0 Å². The molecule has 3 heteroatoms. The largest absolute Gasteiger partial charge is 0.367 e. The van der Waals surface area contributed by atoms with Crippen LogP contribution in [0.4, 0.5) is 0 Å². The van der Waals surface area contributed by atoms with Crippen molar-refractivity contribution in [2.24, 2.45) is 0 Å². The van der Waals surface area contributed by atoms with Crippen LogP contribution in [-0.2, 0) is 5.41 Å². The summed E-state index contributed by atoms with van der Waals surface area (Å²) >= 11 is 0. The van der Waals surface area contributed by atoms with Crippen molar-refractivity contribution in [3.63, 3.8) is 0 Å². The highest BCUT2D eigenvalue weighted by Gasteiger charge is 2.29. The number of rotatable bonds is 4. The van der Waals surface area contributed by atoms with Gasteiger partial charge in [0.1, 0.15) is 0 Å². The first-order valence-corrected chi connectivity index (χ1v) is 7.01. The number of piperidine rings is 1. The van der Waals surface area contributed by atoms with Crippen molar-refractivity contribution in [3.05, 3.63) is 24.0 Å². The predicted molar refractivity (Wildman–Crippen MR) is 76.9 cm³/mol. The molecular formula is C15H27N3. The molecule has 1 unspecified atom stereocenters. The zero-order valence-electron chi connectivity index (χ0n) is 12.1. The van der Waals surface area contributed by atoms with Crippen LogP contribution in [0, 0.1) is 0 Å². The zero-order chi connectivity index (χ0) is 13.2. The minimum absolute atomic E-state index is 0.190. The van der Waals surface area contributed by atoms with E-state index in [0.717, 1.165) is 13.1 Å². The van der Waals surface area contributed by atoms with E-state index in [9.17, 15) is 0 Å². The lowest BCUT2D eigenvalue weighted by molar-refractivity contribution is 0.240. The Balaban J connectivity index is 1.88. The summed E-state index contributed by atoms with van der Waals surface area (Å²) in [5, 5.41) is 7.32. The second kappa shape index (κ2) is 5.06. The zero-order valence-corrected chi connectivity index (χ0v) is 12.1. The van der Waals surface area contributed by atoms with E-state index in [2.05, 4.69) is 55.6 Å². The number of nitrogens with one attached hydrogen (secondary N) is 3. The molecule has 0 amide bonds. The SMILES string of the molecule is CC1(C)CC(NCC(C)(C)c2cc[nH]c2)CCN1. The number of hydrogen-bond donors (Lipinski definition) is 3. The van der Waals surface area contributed by atoms with Crippen LogP contribution in [0.15, 0.2) is 18.5 Å². The van der Waals surface area contributed by atoms with Gasteiger partial charge in [-0.15, -0.1) is 0 Å². The summed E-state index contributed by atoms with van der Waals surface area (Å²) in [6.07, 6.45) is 6.54. The molecule has 0 saturated carbocycles. The maximum absolute atomic E-state index is 3.75. The quantitative estimate of drug-likeness (QED) is 0.767. The highest BCUT2D eigenvalue weighted by atomic mass is 15.0. The number of aromatic nitrogens is 1. The van der Waals surface area contributed by atoms with E-state index in [-0.39, 0.29) is 11.0 Å². The minimum atomic E-state index is 0.190. The summed E-state index contributed by atoms with van der Waals surface area (Å²) in [5.74, 6) is 0. The van der Waals surface area contributed by atoms with Crippen LogP contribution in [0.1, 0.15) is 46.1 Å². The fraction of sp³-hybridized carbons (Fsp3) is 0.733. The van der Waals surface area contributed by atoms with E-state index >= 15 is 0 Å². The molecule has 2 rings (SSSR count). The van der Waals surface area contributed by atoms with E-state index in [1.165, 1.54) is 18.4 Å². The molecule has 3 N–H and O–H groups in total.